The molecule has 1 aromatic rings. The second-order valence-electron chi connectivity index (χ2n) is 2.76. The fourth-order valence-electron chi connectivity index (χ4n) is 1.42. The molecular formula is C8H11N3. The molecule has 3 heteroatoms. The van der Waals surface area contributed by atoms with Gasteiger partial charge in [-0.1, -0.05) is 0 Å². The first-order chi connectivity index (χ1) is 5.38. The van der Waals surface area contributed by atoms with Gasteiger partial charge in [0.05, 0.1) is 6.17 Å². The van der Waals surface area contributed by atoms with E-state index in [0.717, 1.165) is 18.5 Å². The number of nitrogens with zero attached hydrogens (tertiary/aromatic N) is 1. The first-order valence-corrected chi connectivity index (χ1v) is 3.79. The summed E-state index contributed by atoms with van der Waals surface area (Å²) in [5.41, 5.74) is 8.26. The van der Waals surface area contributed by atoms with Crippen LogP contribution in [0, 0.1) is 0 Å². The van der Waals surface area contributed by atoms with Gasteiger partial charge in [0, 0.05) is 24.5 Å². The van der Waals surface area contributed by atoms with Gasteiger partial charge in [-0.15, -0.1) is 0 Å². The molecule has 0 amide bonds. The average molecular weight is 149 g/mol. The minimum Gasteiger partial charge on any atom is -0.312 e. The number of rotatable bonds is 0. The zero-order valence-electron chi connectivity index (χ0n) is 6.25. The van der Waals surface area contributed by atoms with Crippen molar-refractivity contribution in [2.45, 2.75) is 12.6 Å². The number of hydrogen-bond acceptors (Lipinski definition) is 3. The molecule has 1 aliphatic rings. The number of nitrogens with two attached hydrogens (primary N) is 1. The number of fused-ring (bicyclic) bond motifs is 1. The van der Waals surface area contributed by atoms with E-state index in [1.54, 1.807) is 0 Å². The molecule has 3 N–H and O–H groups in total. The summed E-state index contributed by atoms with van der Waals surface area (Å²) in [6.07, 6.45) is 4.70. The highest BCUT2D eigenvalue weighted by molar-refractivity contribution is 5.28. The average Bonchev–Trinajstić information content (AvgIpc) is 2.06. The lowest BCUT2D eigenvalue weighted by Gasteiger charge is -2.22. The maximum absolute atomic E-state index is 5.80. The molecule has 0 bridgehead atoms. The number of pyridine rings is 1. The minimum atomic E-state index is -0.0209. The molecule has 0 aliphatic carbocycles. The van der Waals surface area contributed by atoms with E-state index in [0.29, 0.717) is 0 Å². The van der Waals surface area contributed by atoms with Gasteiger partial charge in [-0.25, -0.2) is 0 Å². The van der Waals surface area contributed by atoms with Gasteiger partial charge in [0.25, 0.3) is 0 Å². The zero-order chi connectivity index (χ0) is 7.68. The number of nitrogens with one attached hydrogen (secondary N) is 1. The smallest absolute Gasteiger partial charge is 0.0827 e. The third-order valence-corrected chi connectivity index (χ3v) is 2.04. The van der Waals surface area contributed by atoms with E-state index in [4.69, 9.17) is 5.73 Å². The van der Waals surface area contributed by atoms with Crippen LogP contribution in [0.1, 0.15) is 17.3 Å². The Kier molecular flexibility index (Phi) is 1.60. The van der Waals surface area contributed by atoms with Crippen molar-refractivity contribution in [3.8, 4) is 0 Å². The summed E-state index contributed by atoms with van der Waals surface area (Å²) in [6.45, 7) is 0.970. The van der Waals surface area contributed by atoms with Crippen molar-refractivity contribution < 1.29 is 0 Å². The van der Waals surface area contributed by atoms with Gasteiger partial charge < -0.3 is 5.73 Å². The Hall–Kier alpha value is -0.930. The molecule has 2 rings (SSSR count). The lowest BCUT2D eigenvalue weighted by molar-refractivity contribution is 0.519. The molecule has 1 aliphatic heterocycles. The Morgan fingerprint density at radius 2 is 2.55 bits per heavy atom. The van der Waals surface area contributed by atoms with Crippen LogP contribution in [-0.2, 0) is 6.42 Å². The first kappa shape index (κ1) is 6.76. The quantitative estimate of drug-likeness (QED) is 0.553. The van der Waals surface area contributed by atoms with Gasteiger partial charge in [0.2, 0.25) is 0 Å². The molecule has 0 aromatic carbocycles. The largest absolute Gasteiger partial charge is 0.312 e. The van der Waals surface area contributed by atoms with Crippen LogP contribution < -0.4 is 11.1 Å². The van der Waals surface area contributed by atoms with Gasteiger partial charge in [-0.05, 0) is 18.1 Å². The Bertz CT molecular complexity index is 259. The Morgan fingerprint density at radius 3 is 3.36 bits per heavy atom. The number of aromatic nitrogens is 1. The van der Waals surface area contributed by atoms with Crippen molar-refractivity contribution in [3.05, 3.63) is 29.6 Å². The van der Waals surface area contributed by atoms with Gasteiger partial charge in [-0.2, -0.15) is 0 Å². The van der Waals surface area contributed by atoms with Crippen molar-refractivity contribution in [2.24, 2.45) is 5.73 Å². The van der Waals surface area contributed by atoms with Crippen molar-refractivity contribution in [1.82, 2.24) is 10.3 Å². The summed E-state index contributed by atoms with van der Waals surface area (Å²) in [4.78, 5) is 4.03. The van der Waals surface area contributed by atoms with Gasteiger partial charge in [0.15, 0.2) is 0 Å². The molecule has 0 fully saturated rings. The highest BCUT2D eigenvalue weighted by Crippen LogP contribution is 2.16. The highest BCUT2D eigenvalue weighted by Gasteiger charge is 2.14. The van der Waals surface area contributed by atoms with Crippen molar-refractivity contribution in [1.29, 1.82) is 0 Å². The molecule has 0 radical (unpaired) electrons. The Morgan fingerprint density at radius 1 is 1.64 bits per heavy atom. The van der Waals surface area contributed by atoms with Crippen LogP contribution >= 0.6 is 0 Å². The molecule has 0 saturated heterocycles. The maximum atomic E-state index is 5.80. The minimum absolute atomic E-state index is 0.0209. The molecular weight excluding hydrogens is 138 g/mol. The van der Waals surface area contributed by atoms with E-state index in [-0.39, 0.29) is 6.17 Å². The summed E-state index contributed by atoms with van der Waals surface area (Å²) in [6, 6.07) is 2.04. The highest BCUT2D eigenvalue weighted by atomic mass is 15.0. The summed E-state index contributed by atoms with van der Waals surface area (Å²) in [7, 11) is 0. The fraction of sp³-hybridized carbons (Fsp3) is 0.375. The Labute approximate surface area is 65.6 Å². The second kappa shape index (κ2) is 2.60. The zero-order valence-corrected chi connectivity index (χ0v) is 6.25. The molecule has 2 heterocycles. The van der Waals surface area contributed by atoms with Crippen LogP contribution in [0.25, 0.3) is 0 Å². The standard InChI is InChI=1S/C8H11N3/c9-8-7-5-10-3-1-6(7)2-4-11-8/h1,3,5,8,11H,2,4,9H2. The molecule has 1 unspecified atom stereocenters. The monoisotopic (exact) mass is 149 g/mol. The third-order valence-electron chi connectivity index (χ3n) is 2.04. The van der Waals surface area contributed by atoms with Crippen LogP contribution in [0.15, 0.2) is 18.5 Å². The van der Waals surface area contributed by atoms with E-state index >= 15 is 0 Å². The topological polar surface area (TPSA) is 50.9 Å². The molecule has 1 aromatic heterocycles. The van der Waals surface area contributed by atoms with E-state index < -0.39 is 0 Å². The lowest BCUT2D eigenvalue weighted by atomic mass is 10.0. The molecule has 0 saturated carbocycles. The summed E-state index contributed by atoms with van der Waals surface area (Å²) in [5.74, 6) is 0. The third kappa shape index (κ3) is 1.13. The predicted molar refractivity (Wildman–Crippen MR) is 42.9 cm³/mol. The van der Waals surface area contributed by atoms with Crippen molar-refractivity contribution in [2.75, 3.05) is 6.54 Å². The van der Waals surface area contributed by atoms with E-state index in [2.05, 4.69) is 10.3 Å². The van der Waals surface area contributed by atoms with Crippen LogP contribution in [0.3, 0.4) is 0 Å². The fourth-order valence-corrected chi connectivity index (χ4v) is 1.42. The van der Waals surface area contributed by atoms with Crippen LogP contribution in [-0.4, -0.2) is 11.5 Å². The first-order valence-electron chi connectivity index (χ1n) is 3.79. The van der Waals surface area contributed by atoms with E-state index in [1.165, 1.54) is 5.56 Å². The normalized spacial score (nSPS) is 22.8. The molecule has 1 atom stereocenters. The molecule has 0 spiro atoms. The summed E-state index contributed by atoms with van der Waals surface area (Å²) in [5, 5.41) is 3.18. The second-order valence-corrected chi connectivity index (χ2v) is 2.76. The van der Waals surface area contributed by atoms with Crippen molar-refractivity contribution in [3.63, 3.8) is 0 Å². The summed E-state index contributed by atoms with van der Waals surface area (Å²) >= 11 is 0. The van der Waals surface area contributed by atoms with E-state index in [1.807, 2.05) is 18.5 Å². The summed E-state index contributed by atoms with van der Waals surface area (Å²) < 4.78 is 0. The van der Waals surface area contributed by atoms with Crippen LogP contribution in [0.2, 0.25) is 0 Å². The molecule has 58 valence electrons. The van der Waals surface area contributed by atoms with E-state index in [9.17, 15) is 0 Å². The van der Waals surface area contributed by atoms with Gasteiger partial charge in [-0.3, -0.25) is 10.3 Å². The van der Waals surface area contributed by atoms with Crippen molar-refractivity contribution >= 4 is 0 Å². The van der Waals surface area contributed by atoms with Gasteiger partial charge >= 0.3 is 0 Å². The lowest BCUT2D eigenvalue weighted by Crippen LogP contribution is -2.35. The SMILES string of the molecule is NC1NCCc2ccncc21. The number of hydrogen-bond donors (Lipinski definition) is 2. The Balaban J connectivity index is 2.44. The van der Waals surface area contributed by atoms with Gasteiger partial charge in [0.1, 0.15) is 0 Å². The molecule has 3 nitrogen and oxygen atoms in total. The molecule has 11 heavy (non-hydrogen) atoms. The van der Waals surface area contributed by atoms with Crippen LogP contribution in [0.4, 0.5) is 0 Å². The van der Waals surface area contributed by atoms with Crippen LogP contribution in [0.5, 0.6) is 0 Å². The predicted octanol–water partition coefficient (Wildman–Crippen LogP) is 0.185. The maximum Gasteiger partial charge on any atom is 0.0827 e.